The van der Waals surface area contributed by atoms with Gasteiger partial charge in [-0.2, -0.15) is 0 Å². The molecule has 1 aliphatic rings. The fourth-order valence-corrected chi connectivity index (χ4v) is 4.43. The van der Waals surface area contributed by atoms with Gasteiger partial charge in [0.05, 0.1) is 10.7 Å². The Bertz CT molecular complexity index is 1110. The zero-order chi connectivity index (χ0) is 18.2. The van der Waals surface area contributed by atoms with Gasteiger partial charge in [-0.25, -0.2) is 4.98 Å². The summed E-state index contributed by atoms with van der Waals surface area (Å²) in [4.78, 5) is 12.8. The van der Waals surface area contributed by atoms with Gasteiger partial charge in [0.2, 0.25) is 0 Å². The van der Waals surface area contributed by atoms with Crippen LogP contribution in [0.25, 0.3) is 32.5 Å². The molecule has 134 valence electrons. The lowest BCUT2D eigenvalue weighted by molar-refractivity contribution is 0.938. The van der Waals surface area contributed by atoms with E-state index in [1.165, 1.54) is 28.7 Å². The van der Waals surface area contributed by atoms with Crippen molar-refractivity contribution in [2.24, 2.45) is 0 Å². The molecule has 0 spiro atoms. The molecule has 0 unspecified atom stereocenters. The van der Waals surface area contributed by atoms with Crippen LogP contribution in [-0.4, -0.2) is 23.1 Å². The van der Waals surface area contributed by atoms with E-state index in [-0.39, 0.29) is 0 Å². The number of rotatable bonds is 3. The van der Waals surface area contributed by atoms with Gasteiger partial charge in [-0.05, 0) is 60.2 Å². The summed E-state index contributed by atoms with van der Waals surface area (Å²) < 4.78 is 0. The normalized spacial score (nSPS) is 14.1. The van der Waals surface area contributed by atoms with Gasteiger partial charge in [0.15, 0.2) is 0 Å². The highest BCUT2D eigenvalue weighted by Crippen LogP contribution is 2.32. The van der Waals surface area contributed by atoms with Crippen LogP contribution < -0.4 is 10.6 Å². The first-order valence-corrected chi connectivity index (χ1v) is 10.0. The molecule has 27 heavy (non-hydrogen) atoms. The number of hydrogen-bond acceptors (Lipinski definition) is 5. The van der Waals surface area contributed by atoms with E-state index in [4.69, 9.17) is 5.73 Å². The highest BCUT2D eigenvalue weighted by molar-refractivity contribution is 7.19. The first-order valence-electron chi connectivity index (χ1n) is 9.23. The largest absolute Gasteiger partial charge is 0.391 e. The molecule has 5 heteroatoms. The minimum absolute atomic E-state index is 0.840. The minimum Gasteiger partial charge on any atom is -0.391 e. The number of benzene rings is 1. The number of nitrogens with two attached hydrogens (primary N) is 1. The summed E-state index contributed by atoms with van der Waals surface area (Å²) in [5, 5.41) is 3.16. The molecule has 0 radical (unpaired) electrons. The fourth-order valence-electron chi connectivity index (χ4n) is 3.66. The predicted octanol–water partition coefficient (Wildman–Crippen LogP) is 5.21. The van der Waals surface area contributed by atoms with E-state index in [2.05, 4.69) is 51.3 Å². The molecule has 0 atom stereocenters. The Morgan fingerprint density at radius 2 is 1.74 bits per heavy atom. The molecule has 0 bridgehead atoms. The number of fused-ring (bicyclic) bond motifs is 1. The minimum atomic E-state index is 0.840. The summed E-state index contributed by atoms with van der Waals surface area (Å²) in [7, 11) is 0. The van der Waals surface area contributed by atoms with Crippen LogP contribution in [0.1, 0.15) is 12.8 Å². The summed E-state index contributed by atoms with van der Waals surface area (Å²) in [6.45, 7) is 2.18. The monoisotopic (exact) mass is 372 g/mol. The predicted molar refractivity (Wildman–Crippen MR) is 114 cm³/mol. The summed E-state index contributed by atoms with van der Waals surface area (Å²) in [5.74, 6) is 1.05. The van der Waals surface area contributed by atoms with Crippen LogP contribution in [0.15, 0.2) is 60.9 Å². The molecule has 2 N–H and O–H groups in total. The van der Waals surface area contributed by atoms with Crippen molar-refractivity contribution in [3.8, 4) is 21.7 Å². The third kappa shape index (κ3) is 3.15. The molecule has 4 aromatic rings. The lowest BCUT2D eigenvalue weighted by Gasteiger charge is -2.16. The van der Waals surface area contributed by atoms with Gasteiger partial charge >= 0.3 is 0 Å². The van der Waals surface area contributed by atoms with Crippen LogP contribution in [0, 0.1) is 0 Å². The number of aromatic nitrogens is 2. The number of anilines is 2. The molecule has 0 amide bonds. The number of nitrogen functional groups attached to an aromatic ring is 1. The van der Waals surface area contributed by atoms with Crippen LogP contribution in [0.5, 0.6) is 0 Å². The fraction of sp³-hybridized carbons (Fsp3) is 0.182. The Morgan fingerprint density at radius 1 is 0.852 bits per heavy atom. The first-order chi connectivity index (χ1) is 13.3. The molecular formula is C22H20N4S. The van der Waals surface area contributed by atoms with Crippen molar-refractivity contribution in [3.05, 3.63) is 60.9 Å². The van der Waals surface area contributed by atoms with E-state index in [9.17, 15) is 0 Å². The smallest absolute Gasteiger partial charge is 0.129 e. The van der Waals surface area contributed by atoms with Crippen LogP contribution in [0.2, 0.25) is 0 Å². The maximum absolute atomic E-state index is 5.89. The number of pyridine rings is 2. The van der Waals surface area contributed by atoms with Crippen molar-refractivity contribution >= 4 is 32.9 Å². The molecule has 5 rings (SSSR count). The average Bonchev–Trinajstić information content (AvgIpc) is 3.39. The molecule has 1 fully saturated rings. The van der Waals surface area contributed by atoms with Crippen LogP contribution in [-0.2, 0) is 0 Å². The van der Waals surface area contributed by atoms with E-state index in [1.54, 1.807) is 11.3 Å². The van der Waals surface area contributed by atoms with Gasteiger partial charge in [0.1, 0.15) is 5.82 Å². The molecule has 1 aliphatic heterocycles. The Morgan fingerprint density at radius 3 is 2.56 bits per heavy atom. The molecular weight excluding hydrogens is 352 g/mol. The van der Waals surface area contributed by atoms with Crippen LogP contribution >= 0.6 is 11.3 Å². The molecule has 0 saturated carbocycles. The van der Waals surface area contributed by atoms with E-state index < -0.39 is 0 Å². The van der Waals surface area contributed by atoms with E-state index in [0.717, 1.165) is 40.6 Å². The van der Waals surface area contributed by atoms with Crippen molar-refractivity contribution in [2.75, 3.05) is 23.7 Å². The van der Waals surface area contributed by atoms with Crippen LogP contribution in [0.4, 0.5) is 10.8 Å². The third-order valence-corrected chi connectivity index (χ3v) is 6.07. The Balaban J connectivity index is 1.54. The Hall–Kier alpha value is -2.92. The van der Waals surface area contributed by atoms with Gasteiger partial charge in [-0.3, -0.25) is 4.98 Å². The van der Waals surface area contributed by atoms with Gasteiger partial charge < -0.3 is 10.6 Å². The quantitative estimate of drug-likeness (QED) is 0.536. The van der Waals surface area contributed by atoms with E-state index >= 15 is 0 Å². The van der Waals surface area contributed by atoms with E-state index in [0.29, 0.717) is 0 Å². The van der Waals surface area contributed by atoms with E-state index in [1.807, 2.05) is 24.5 Å². The lowest BCUT2D eigenvalue weighted by atomic mass is 10.0. The van der Waals surface area contributed by atoms with Gasteiger partial charge in [0, 0.05) is 41.3 Å². The highest BCUT2D eigenvalue weighted by Gasteiger charge is 2.14. The average molecular weight is 372 g/mol. The maximum atomic E-state index is 5.89. The second kappa shape index (κ2) is 6.67. The van der Waals surface area contributed by atoms with Crippen molar-refractivity contribution in [2.45, 2.75) is 12.8 Å². The number of nitrogens with zero attached hydrogens (tertiary/aromatic N) is 3. The zero-order valence-electron chi connectivity index (χ0n) is 14.9. The van der Waals surface area contributed by atoms with Gasteiger partial charge in [-0.1, -0.05) is 12.1 Å². The molecule has 1 saturated heterocycles. The van der Waals surface area contributed by atoms with Gasteiger partial charge in [-0.15, -0.1) is 11.3 Å². The first kappa shape index (κ1) is 16.3. The summed E-state index contributed by atoms with van der Waals surface area (Å²) in [5.41, 5.74) is 9.17. The lowest BCUT2D eigenvalue weighted by Crippen LogP contribution is -2.18. The van der Waals surface area contributed by atoms with Crippen molar-refractivity contribution in [3.63, 3.8) is 0 Å². The number of thiophene rings is 1. The number of hydrogen-bond donors (Lipinski definition) is 1. The highest BCUT2D eigenvalue weighted by atomic mass is 32.1. The summed E-state index contributed by atoms with van der Waals surface area (Å²) in [6, 6.07) is 16.9. The Kier molecular flexibility index (Phi) is 4.02. The topological polar surface area (TPSA) is 55.0 Å². The van der Waals surface area contributed by atoms with Gasteiger partial charge in [0.25, 0.3) is 0 Å². The SMILES string of the molecule is Nc1ccc(-c2ccc3cnc(-c4ccnc(N5CCCC5)c4)cc3c2)s1. The third-order valence-electron chi connectivity index (χ3n) is 5.10. The molecule has 3 aromatic heterocycles. The Labute approximate surface area is 162 Å². The van der Waals surface area contributed by atoms with Crippen molar-refractivity contribution < 1.29 is 0 Å². The second-order valence-electron chi connectivity index (χ2n) is 6.93. The molecule has 0 aliphatic carbocycles. The second-order valence-corrected chi connectivity index (χ2v) is 8.05. The standard InChI is InChI=1S/C22H20N4S/c23-21-6-5-20(27-21)16-3-4-17-14-25-19(12-18(17)11-16)15-7-8-24-22(13-15)26-9-1-2-10-26/h3-8,11-14H,1-2,9-10,23H2. The summed E-state index contributed by atoms with van der Waals surface area (Å²) >= 11 is 1.61. The molecule has 4 nitrogen and oxygen atoms in total. The molecule has 4 heterocycles. The molecule has 1 aromatic carbocycles. The summed E-state index contributed by atoms with van der Waals surface area (Å²) in [6.07, 6.45) is 6.33. The van der Waals surface area contributed by atoms with Crippen LogP contribution in [0.3, 0.4) is 0 Å². The zero-order valence-corrected chi connectivity index (χ0v) is 15.7. The van der Waals surface area contributed by atoms with Crippen molar-refractivity contribution in [1.82, 2.24) is 9.97 Å². The maximum Gasteiger partial charge on any atom is 0.129 e. The van der Waals surface area contributed by atoms with Crippen molar-refractivity contribution in [1.29, 1.82) is 0 Å².